The van der Waals surface area contributed by atoms with Gasteiger partial charge in [-0.2, -0.15) is 0 Å². The summed E-state index contributed by atoms with van der Waals surface area (Å²) in [7, 11) is 0. The molecule has 132 valence electrons. The number of carbonyl (C=O) groups is 1. The maximum absolute atomic E-state index is 12.0. The zero-order chi connectivity index (χ0) is 17.1. The molecule has 1 atom stereocenters. The van der Waals surface area contributed by atoms with Crippen LogP contribution in [0.4, 0.5) is 5.69 Å². The van der Waals surface area contributed by atoms with Crippen LogP contribution in [0.5, 0.6) is 5.75 Å². The van der Waals surface area contributed by atoms with Gasteiger partial charge >= 0.3 is 0 Å². The SMILES string of the molecule is CC(=O)N1CCCc2cccc(OC[C@H]3CN(C(C)C)CCO3)c21. The van der Waals surface area contributed by atoms with Crippen LogP contribution in [-0.2, 0) is 16.0 Å². The van der Waals surface area contributed by atoms with Gasteiger partial charge in [-0.15, -0.1) is 0 Å². The highest BCUT2D eigenvalue weighted by molar-refractivity contribution is 5.94. The molecule has 24 heavy (non-hydrogen) atoms. The molecule has 3 rings (SSSR count). The van der Waals surface area contributed by atoms with Crippen LogP contribution in [0, 0.1) is 0 Å². The highest BCUT2D eigenvalue weighted by Gasteiger charge is 2.26. The molecule has 1 amide bonds. The summed E-state index contributed by atoms with van der Waals surface area (Å²) in [5.74, 6) is 0.875. The van der Waals surface area contributed by atoms with Crippen molar-refractivity contribution >= 4 is 11.6 Å². The van der Waals surface area contributed by atoms with Crippen molar-refractivity contribution in [3.8, 4) is 5.75 Å². The topological polar surface area (TPSA) is 42.0 Å². The normalized spacial score (nSPS) is 21.7. The molecule has 5 heteroatoms. The van der Waals surface area contributed by atoms with Crippen LogP contribution in [0.1, 0.15) is 32.8 Å². The maximum Gasteiger partial charge on any atom is 0.223 e. The second-order valence-corrected chi connectivity index (χ2v) is 6.93. The molecule has 0 N–H and O–H groups in total. The molecule has 0 aliphatic carbocycles. The van der Waals surface area contributed by atoms with Crippen molar-refractivity contribution in [2.24, 2.45) is 0 Å². The second kappa shape index (κ2) is 7.53. The minimum absolute atomic E-state index is 0.0753. The van der Waals surface area contributed by atoms with Crippen molar-refractivity contribution in [1.82, 2.24) is 4.90 Å². The number of fused-ring (bicyclic) bond motifs is 1. The first kappa shape index (κ1) is 17.2. The number of hydrogen-bond donors (Lipinski definition) is 0. The van der Waals surface area contributed by atoms with Crippen molar-refractivity contribution in [2.75, 3.05) is 37.7 Å². The highest BCUT2D eigenvalue weighted by Crippen LogP contribution is 2.36. The Balaban J connectivity index is 1.71. The molecule has 0 bridgehead atoms. The summed E-state index contributed by atoms with van der Waals surface area (Å²) in [6.45, 7) is 9.95. The van der Waals surface area contributed by atoms with Crippen molar-refractivity contribution in [3.05, 3.63) is 23.8 Å². The molecule has 1 aromatic rings. The van der Waals surface area contributed by atoms with Crippen LogP contribution in [-0.4, -0.2) is 55.8 Å². The van der Waals surface area contributed by atoms with E-state index in [1.807, 2.05) is 17.0 Å². The Hall–Kier alpha value is -1.59. The van der Waals surface area contributed by atoms with Gasteiger partial charge in [-0.25, -0.2) is 0 Å². The third kappa shape index (κ3) is 3.73. The lowest BCUT2D eigenvalue weighted by molar-refractivity contribution is -0.116. The van der Waals surface area contributed by atoms with Crippen LogP contribution in [0.15, 0.2) is 18.2 Å². The molecule has 1 saturated heterocycles. The fourth-order valence-electron chi connectivity index (χ4n) is 3.54. The average Bonchev–Trinajstić information content (AvgIpc) is 2.59. The van der Waals surface area contributed by atoms with Crippen LogP contribution in [0.25, 0.3) is 0 Å². The highest BCUT2D eigenvalue weighted by atomic mass is 16.5. The van der Waals surface area contributed by atoms with E-state index in [0.717, 1.165) is 50.5 Å². The zero-order valence-corrected chi connectivity index (χ0v) is 15.0. The molecule has 0 aromatic heterocycles. The lowest BCUT2D eigenvalue weighted by Gasteiger charge is -2.36. The Morgan fingerprint density at radius 2 is 2.21 bits per heavy atom. The number of nitrogens with zero attached hydrogens (tertiary/aromatic N) is 2. The van der Waals surface area contributed by atoms with Crippen LogP contribution in [0.2, 0.25) is 0 Å². The van der Waals surface area contributed by atoms with E-state index in [2.05, 4.69) is 24.8 Å². The number of aryl methyl sites for hydroxylation is 1. The van der Waals surface area contributed by atoms with Crippen LogP contribution in [0.3, 0.4) is 0 Å². The predicted molar refractivity (Wildman–Crippen MR) is 94.7 cm³/mol. The van der Waals surface area contributed by atoms with Gasteiger partial charge in [0.2, 0.25) is 5.91 Å². The molecule has 0 spiro atoms. The van der Waals surface area contributed by atoms with E-state index in [1.165, 1.54) is 5.56 Å². The first-order valence-corrected chi connectivity index (χ1v) is 8.94. The Morgan fingerprint density at radius 3 is 2.96 bits per heavy atom. The Morgan fingerprint density at radius 1 is 1.38 bits per heavy atom. The summed E-state index contributed by atoms with van der Waals surface area (Å²) in [6.07, 6.45) is 2.08. The number of hydrogen-bond acceptors (Lipinski definition) is 4. The Bertz CT molecular complexity index is 588. The molecule has 1 fully saturated rings. The second-order valence-electron chi connectivity index (χ2n) is 6.93. The quantitative estimate of drug-likeness (QED) is 0.849. The monoisotopic (exact) mass is 332 g/mol. The van der Waals surface area contributed by atoms with Crippen molar-refractivity contribution < 1.29 is 14.3 Å². The zero-order valence-electron chi connectivity index (χ0n) is 15.0. The van der Waals surface area contributed by atoms with E-state index in [9.17, 15) is 4.79 Å². The summed E-state index contributed by atoms with van der Waals surface area (Å²) in [6, 6.07) is 6.59. The summed E-state index contributed by atoms with van der Waals surface area (Å²) in [5.41, 5.74) is 2.15. The predicted octanol–water partition coefficient (Wildman–Crippen LogP) is 2.47. The van der Waals surface area contributed by atoms with Gasteiger partial charge in [-0.3, -0.25) is 9.69 Å². The van der Waals surface area contributed by atoms with Crippen molar-refractivity contribution in [3.63, 3.8) is 0 Å². The first-order chi connectivity index (χ1) is 11.6. The number of carbonyl (C=O) groups excluding carboxylic acids is 1. The summed E-state index contributed by atoms with van der Waals surface area (Å²) in [4.78, 5) is 16.2. The van der Waals surface area contributed by atoms with Gasteiger partial charge in [-0.05, 0) is 38.3 Å². The number of anilines is 1. The molecule has 2 heterocycles. The fourth-order valence-corrected chi connectivity index (χ4v) is 3.54. The third-order valence-corrected chi connectivity index (χ3v) is 4.89. The van der Waals surface area contributed by atoms with Gasteiger partial charge in [0.15, 0.2) is 0 Å². The smallest absolute Gasteiger partial charge is 0.223 e. The fraction of sp³-hybridized carbons (Fsp3) is 0.632. The van der Waals surface area contributed by atoms with E-state index in [4.69, 9.17) is 9.47 Å². The van der Waals surface area contributed by atoms with E-state index in [0.29, 0.717) is 12.6 Å². The van der Waals surface area contributed by atoms with Gasteiger partial charge < -0.3 is 14.4 Å². The summed E-state index contributed by atoms with van der Waals surface area (Å²) >= 11 is 0. The minimum Gasteiger partial charge on any atom is -0.489 e. The molecule has 2 aliphatic heterocycles. The molecule has 0 radical (unpaired) electrons. The number of benzene rings is 1. The largest absolute Gasteiger partial charge is 0.489 e. The minimum atomic E-state index is 0.0753. The third-order valence-electron chi connectivity index (χ3n) is 4.89. The van der Waals surface area contributed by atoms with E-state index >= 15 is 0 Å². The molecule has 1 aromatic carbocycles. The van der Waals surface area contributed by atoms with E-state index < -0.39 is 0 Å². The summed E-state index contributed by atoms with van der Waals surface area (Å²) in [5, 5.41) is 0. The number of ether oxygens (including phenoxy) is 2. The average molecular weight is 332 g/mol. The number of rotatable bonds is 4. The number of morpholine rings is 1. The van der Waals surface area contributed by atoms with Crippen LogP contribution >= 0.6 is 0 Å². The number of para-hydroxylation sites is 1. The van der Waals surface area contributed by atoms with Gasteiger partial charge in [0, 0.05) is 32.6 Å². The Kier molecular flexibility index (Phi) is 5.41. The van der Waals surface area contributed by atoms with Gasteiger partial charge in [0.25, 0.3) is 0 Å². The van der Waals surface area contributed by atoms with Crippen LogP contribution < -0.4 is 9.64 Å². The summed E-state index contributed by atoms with van der Waals surface area (Å²) < 4.78 is 12.0. The van der Waals surface area contributed by atoms with Gasteiger partial charge in [0.05, 0.1) is 12.3 Å². The molecule has 0 unspecified atom stereocenters. The maximum atomic E-state index is 12.0. The molecular formula is C19H28N2O3. The first-order valence-electron chi connectivity index (χ1n) is 8.94. The van der Waals surface area contributed by atoms with Gasteiger partial charge in [0.1, 0.15) is 18.5 Å². The molecular weight excluding hydrogens is 304 g/mol. The van der Waals surface area contributed by atoms with Gasteiger partial charge in [-0.1, -0.05) is 12.1 Å². The lowest BCUT2D eigenvalue weighted by atomic mass is 10.0. The van der Waals surface area contributed by atoms with Crippen molar-refractivity contribution in [2.45, 2.75) is 45.8 Å². The molecule has 0 saturated carbocycles. The number of amides is 1. The molecule has 5 nitrogen and oxygen atoms in total. The standard InChI is InChI=1S/C19H28N2O3/c1-14(2)20-10-11-23-17(12-20)13-24-18-8-4-6-16-7-5-9-21(15(3)22)19(16)18/h4,6,8,14,17H,5,7,9-13H2,1-3H3/t17-/m1/s1. The van der Waals surface area contributed by atoms with E-state index in [1.54, 1.807) is 6.92 Å². The van der Waals surface area contributed by atoms with E-state index in [-0.39, 0.29) is 12.0 Å². The van der Waals surface area contributed by atoms with Crippen molar-refractivity contribution in [1.29, 1.82) is 0 Å². The molecule has 2 aliphatic rings. The lowest BCUT2D eigenvalue weighted by Crippen LogP contribution is -2.47. The Labute approximate surface area is 144 Å².